The number of hydrogen-bond acceptors (Lipinski definition) is 1. The molecule has 6 heteroatoms. The Morgan fingerprint density at radius 3 is 1.80 bits per heavy atom. The maximum Gasteiger partial charge on any atom is 0.341 e. The number of carboxylic acids is 1. The molecule has 3 aromatic rings. The molecule has 0 amide bonds. The maximum absolute atomic E-state index is 11.4. The Balaban J connectivity index is 0.000000242. The van der Waals surface area contributed by atoms with Crippen LogP contribution in [0, 0.1) is 0 Å². The summed E-state index contributed by atoms with van der Waals surface area (Å²) in [6.07, 6.45) is 2.16. The molecule has 3 rings (SSSR count). The number of unbranched alkanes of at least 4 members (excludes halogenated alkanes) is 1. The van der Waals surface area contributed by atoms with Gasteiger partial charge in [-0.2, -0.15) is 0 Å². The Labute approximate surface area is 162 Å². The van der Waals surface area contributed by atoms with Gasteiger partial charge in [0, 0.05) is 0 Å². The van der Waals surface area contributed by atoms with Gasteiger partial charge in [-0.1, -0.05) is 68.3 Å². The van der Waals surface area contributed by atoms with Crippen LogP contribution in [0.3, 0.4) is 0 Å². The van der Waals surface area contributed by atoms with Crippen molar-refractivity contribution in [1.82, 2.24) is 0 Å². The Morgan fingerprint density at radius 2 is 1.44 bits per heavy atom. The molecule has 0 aliphatic rings. The van der Waals surface area contributed by atoms with Crippen LogP contribution in [-0.2, 0) is 0 Å². The van der Waals surface area contributed by atoms with Crippen LogP contribution in [-0.4, -0.2) is 17.1 Å². The summed E-state index contributed by atoms with van der Waals surface area (Å²) in [7, 11) is 0. The minimum atomic E-state index is -2.26. The molecular weight excluding hydrogens is 395 g/mol. The molecule has 0 fully saturated rings. The molecule has 0 radical (unpaired) electrons. The molecule has 0 bridgehead atoms. The highest BCUT2D eigenvalue weighted by atomic mass is 35.8. The van der Waals surface area contributed by atoms with Gasteiger partial charge in [-0.3, -0.25) is 0 Å². The van der Waals surface area contributed by atoms with Gasteiger partial charge in [0.2, 0.25) is 0 Å². The number of hydrogen-bond donors (Lipinski definition) is 1. The molecule has 0 atom stereocenters. The average Bonchev–Trinajstić information content (AvgIpc) is 2.57. The summed E-state index contributed by atoms with van der Waals surface area (Å²) in [5.74, 6) is -0.877. The summed E-state index contributed by atoms with van der Waals surface area (Å²) in [6.45, 7) is 2.09. The zero-order chi connectivity index (χ0) is 18.4. The number of fused-ring (bicyclic) bond motifs is 2. The highest BCUT2D eigenvalue weighted by Gasteiger charge is 2.22. The summed E-state index contributed by atoms with van der Waals surface area (Å²) >= 11 is 16.7. The first-order valence-corrected chi connectivity index (χ1v) is 13.3. The molecule has 25 heavy (non-hydrogen) atoms. The lowest BCUT2D eigenvalue weighted by molar-refractivity contribution is 0.0701. The predicted molar refractivity (Wildman–Crippen MR) is 111 cm³/mol. The third-order valence-corrected chi connectivity index (χ3v) is 6.42. The topological polar surface area (TPSA) is 37.3 Å². The van der Waals surface area contributed by atoms with Crippen molar-refractivity contribution in [3.8, 4) is 0 Å². The van der Waals surface area contributed by atoms with Crippen molar-refractivity contribution in [3.63, 3.8) is 0 Å². The lowest BCUT2D eigenvalue weighted by Gasteiger charge is -2.07. The van der Waals surface area contributed by atoms with Crippen molar-refractivity contribution in [2.45, 2.75) is 25.8 Å². The van der Waals surface area contributed by atoms with E-state index in [0.717, 1.165) is 40.4 Å². The van der Waals surface area contributed by atoms with Gasteiger partial charge in [0.15, 0.2) is 0 Å². The quantitative estimate of drug-likeness (QED) is 0.280. The molecule has 0 aliphatic carbocycles. The van der Waals surface area contributed by atoms with Crippen LogP contribution in [0.25, 0.3) is 21.5 Å². The molecule has 0 saturated carbocycles. The largest absolute Gasteiger partial charge is 0.478 e. The lowest BCUT2D eigenvalue weighted by atomic mass is 9.97. The van der Waals surface area contributed by atoms with Crippen LogP contribution < -0.4 is 0 Å². The molecule has 0 heterocycles. The van der Waals surface area contributed by atoms with Crippen molar-refractivity contribution in [3.05, 3.63) is 60.2 Å². The van der Waals surface area contributed by atoms with E-state index in [9.17, 15) is 9.90 Å². The van der Waals surface area contributed by atoms with Gasteiger partial charge in [-0.15, -0.1) is 33.2 Å². The van der Waals surface area contributed by atoms with Crippen LogP contribution in [0.4, 0.5) is 0 Å². The second-order valence-electron chi connectivity index (χ2n) is 5.72. The third-order valence-electron chi connectivity index (χ3n) is 3.80. The average molecular weight is 414 g/mol. The maximum atomic E-state index is 11.4. The van der Waals surface area contributed by atoms with Crippen molar-refractivity contribution in [2.75, 3.05) is 0 Å². The van der Waals surface area contributed by atoms with Gasteiger partial charge in [-0.05, 0) is 33.7 Å². The van der Waals surface area contributed by atoms with E-state index in [-0.39, 0.29) is 0 Å². The molecule has 2 nitrogen and oxygen atoms in total. The number of halogens is 3. The standard InChI is InChI=1S/C15H10O2.C4H9Cl3Si/c16-15(17)14-12-7-3-1-5-10(12)9-11-6-2-4-8-13(11)14;1-2-3-4-8(5,6)7/h1-9H,(H,16,17);2-4H2,1H3. The number of carbonyl (C=O) groups is 1. The number of benzene rings is 3. The highest BCUT2D eigenvalue weighted by molar-refractivity contribution is 7.64. The first-order chi connectivity index (χ1) is 11.8. The molecule has 132 valence electrons. The van der Waals surface area contributed by atoms with Gasteiger partial charge in [-0.25, -0.2) is 4.79 Å². The van der Waals surface area contributed by atoms with Crippen molar-refractivity contribution >= 4 is 66.8 Å². The fourth-order valence-corrected chi connectivity index (χ4v) is 4.58. The first-order valence-electron chi connectivity index (χ1n) is 8.04. The molecule has 0 spiro atoms. The second kappa shape index (κ2) is 8.90. The summed E-state index contributed by atoms with van der Waals surface area (Å²) in [6, 6.07) is 15.7. The molecule has 0 aromatic heterocycles. The number of carboxylic acid groups (broad SMARTS) is 1. The van der Waals surface area contributed by atoms with E-state index < -0.39 is 12.0 Å². The van der Waals surface area contributed by atoms with E-state index in [2.05, 4.69) is 6.92 Å². The van der Waals surface area contributed by atoms with Gasteiger partial charge in [0.05, 0.1) is 5.56 Å². The van der Waals surface area contributed by atoms with Gasteiger partial charge < -0.3 is 5.11 Å². The minimum Gasteiger partial charge on any atom is -0.478 e. The lowest BCUT2D eigenvalue weighted by Crippen LogP contribution is -2.07. The van der Waals surface area contributed by atoms with Gasteiger partial charge in [0.25, 0.3) is 0 Å². The smallest absolute Gasteiger partial charge is 0.341 e. The summed E-state index contributed by atoms with van der Waals surface area (Å²) in [4.78, 5) is 11.4. The SMILES string of the molecule is CCCC[Si](Cl)(Cl)Cl.O=C(O)c1c2ccccc2cc2ccccc12. The predicted octanol–water partition coefficient (Wildman–Crippen LogP) is 7.13. The zero-order valence-electron chi connectivity index (χ0n) is 13.8. The summed E-state index contributed by atoms with van der Waals surface area (Å²) in [5, 5.41) is 12.9. The van der Waals surface area contributed by atoms with Crippen LogP contribution in [0.15, 0.2) is 54.6 Å². The van der Waals surface area contributed by atoms with Crippen LogP contribution >= 0.6 is 33.2 Å². The minimum absolute atomic E-state index is 0.388. The Morgan fingerprint density at radius 1 is 0.960 bits per heavy atom. The van der Waals surface area contributed by atoms with E-state index in [4.69, 9.17) is 33.2 Å². The fourth-order valence-electron chi connectivity index (χ4n) is 2.62. The number of rotatable bonds is 4. The Hall–Kier alpha value is -1.26. The number of aromatic carboxylic acids is 1. The van der Waals surface area contributed by atoms with Crippen LogP contribution in [0.2, 0.25) is 6.04 Å². The van der Waals surface area contributed by atoms with Gasteiger partial charge >= 0.3 is 12.0 Å². The van der Waals surface area contributed by atoms with Crippen molar-refractivity contribution < 1.29 is 9.90 Å². The molecule has 3 aromatic carbocycles. The molecule has 0 aliphatic heterocycles. The third kappa shape index (κ3) is 5.61. The Kier molecular flexibility index (Phi) is 7.14. The molecule has 0 saturated heterocycles. The van der Waals surface area contributed by atoms with Crippen LogP contribution in [0.1, 0.15) is 30.1 Å². The fraction of sp³-hybridized carbons (Fsp3) is 0.211. The first kappa shape index (κ1) is 20.1. The second-order valence-corrected chi connectivity index (χ2v) is 15.0. The van der Waals surface area contributed by atoms with Crippen LogP contribution in [0.5, 0.6) is 0 Å². The monoisotopic (exact) mass is 412 g/mol. The molecule has 1 N–H and O–H groups in total. The van der Waals surface area contributed by atoms with Crippen molar-refractivity contribution in [1.29, 1.82) is 0 Å². The van der Waals surface area contributed by atoms with E-state index >= 15 is 0 Å². The normalized spacial score (nSPS) is 11.2. The molecule has 0 unspecified atom stereocenters. The Bertz CT molecular complexity index is 821. The van der Waals surface area contributed by atoms with E-state index in [1.54, 1.807) is 0 Å². The summed E-state index contributed by atoms with van der Waals surface area (Å²) in [5.41, 5.74) is 0.388. The highest BCUT2D eigenvalue weighted by Crippen LogP contribution is 2.28. The molecular formula is C19H19Cl3O2Si. The van der Waals surface area contributed by atoms with E-state index in [1.165, 1.54) is 0 Å². The van der Waals surface area contributed by atoms with E-state index in [1.807, 2.05) is 54.6 Å². The summed E-state index contributed by atoms with van der Waals surface area (Å²) < 4.78 is 0. The van der Waals surface area contributed by atoms with Crippen molar-refractivity contribution in [2.24, 2.45) is 0 Å². The zero-order valence-corrected chi connectivity index (χ0v) is 17.1. The van der Waals surface area contributed by atoms with Gasteiger partial charge in [0.1, 0.15) is 0 Å². The van der Waals surface area contributed by atoms with E-state index in [0.29, 0.717) is 5.56 Å².